The number of hydrogen-bond acceptors (Lipinski definition) is 6. The zero-order valence-electron chi connectivity index (χ0n) is 15.8. The van der Waals surface area contributed by atoms with Crippen molar-refractivity contribution in [3.8, 4) is 16.9 Å². The van der Waals surface area contributed by atoms with E-state index in [0.717, 1.165) is 16.1 Å². The smallest absolute Gasteiger partial charge is 0.302 e. The summed E-state index contributed by atoms with van der Waals surface area (Å²) in [4.78, 5) is 11.2. The Balaban J connectivity index is 1.83. The predicted octanol–water partition coefficient (Wildman–Crippen LogP) is 1.84. The molecule has 1 heterocycles. The number of aldehydes is 1. The number of sulfone groups is 1. The molecule has 2 N–H and O–H groups in total. The Bertz CT molecular complexity index is 1380. The lowest BCUT2D eigenvalue weighted by molar-refractivity contribution is -0.108. The number of carbonyl (C=O) groups is 1. The standard InChI is InChI=1S/C20H18N2O6S2/c1-29(25,26)18-4-2-3-13(8-18)14-5-6-15-10-20(24)19(9-16(15)7-14)22-11-17(12-23)21-30(22,27)28/h2-10,12,17,21,24H,11H2,1H3. The van der Waals surface area contributed by atoms with Crippen LogP contribution in [0.25, 0.3) is 21.9 Å². The molecule has 1 saturated heterocycles. The van der Waals surface area contributed by atoms with Gasteiger partial charge >= 0.3 is 10.2 Å². The Kier molecular flexibility index (Phi) is 4.80. The third kappa shape index (κ3) is 3.64. The highest BCUT2D eigenvalue weighted by Crippen LogP contribution is 2.36. The van der Waals surface area contributed by atoms with Crippen molar-refractivity contribution in [3.05, 3.63) is 54.6 Å². The number of rotatable bonds is 4. The van der Waals surface area contributed by atoms with Crippen molar-refractivity contribution in [2.45, 2.75) is 10.9 Å². The summed E-state index contributed by atoms with van der Waals surface area (Å²) in [6.07, 6.45) is 1.64. The molecule has 10 heteroatoms. The lowest BCUT2D eigenvalue weighted by atomic mass is 10.0. The van der Waals surface area contributed by atoms with E-state index >= 15 is 0 Å². The Hall–Kier alpha value is -2.95. The van der Waals surface area contributed by atoms with E-state index in [-0.39, 0.29) is 22.9 Å². The van der Waals surface area contributed by atoms with Crippen molar-refractivity contribution < 1.29 is 26.7 Å². The van der Waals surface area contributed by atoms with Gasteiger partial charge in [0.05, 0.1) is 23.2 Å². The molecule has 0 saturated carbocycles. The van der Waals surface area contributed by atoms with Crippen LogP contribution in [0, 0.1) is 0 Å². The highest BCUT2D eigenvalue weighted by Gasteiger charge is 2.36. The summed E-state index contributed by atoms with van der Waals surface area (Å²) in [6.45, 7) is -0.124. The molecule has 1 aliphatic rings. The Morgan fingerprint density at radius 1 is 1.07 bits per heavy atom. The van der Waals surface area contributed by atoms with Gasteiger partial charge in [0.25, 0.3) is 0 Å². The number of nitrogens with zero attached hydrogens (tertiary/aromatic N) is 1. The molecule has 3 aromatic carbocycles. The molecule has 8 nitrogen and oxygen atoms in total. The third-order valence-corrected chi connectivity index (χ3v) is 7.55. The molecule has 0 aliphatic carbocycles. The largest absolute Gasteiger partial charge is 0.506 e. The Morgan fingerprint density at radius 3 is 2.47 bits per heavy atom. The van der Waals surface area contributed by atoms with Gasteiger partial charge in [0.1, 0.15) is 12.0 Å². The molecule has 1 fully saturated rings. The van der Waals surface area contributed by atoms with Crippen molar-refractivity contribution in [1.29, 1.82) is 0 Å². The Morgan fingerprint density at radius 2 is 1.80 bits per heavy atom. The van der Waals surface area contributed by atoms with E-state index in [2.05, 4.69) is 4.72 Å². The molecule has 0 bridgehead atoms. The van der Waals surface area contributed by atoms with E-state index < -0.39 is 26.1 Å². The molecule has 0 radical (unpaired) electrons. The van der Waals surface area contributed by atoms with E-state index in [9.17, 15) is 26.7 Å². The topological polar surface area (TPSA) is 121 Å². The number of benzene rings is 3. The lowest BCUT2D eigenvalue weighted by Crippen LogP contribution is -2.30. The fraction of sp³-hybridized carbons (Fsp3) is 0.150. The monoisotopic (exact) mass is 446 g/mol. The quantitative estimate of drug-likeness (QED) is 0.590. The van der Waals surface area contributed by atoms with Crippen molar-refractivity contribution >= 4 is 42.8 Å². The molecule has 1 aliphatic heterocycles. The van der Waals surface area contributed by atoms with Crippen LogP contribution >= 0.6 is 0 Å². The average molecular weight is 447 g/mol. The van der Waals surface area contributed by atoms with Crippen molar-refractivity contribution in [1.82, 2.24) is 4.72 Å². The van der Waals surface area contributed by atoms with Crippen LogP contribution in [0.4, 0.5) is 5.69 Å². The first-order valence-electron chi connectivity index (χ1n) is 8.91. The van der Waals surface area contributed by atoms with Crippen LogP contribution in [-0.4, -0.2) is 47.1 Å². The normalized spacial score (nSPS) is 18.6. The molecule has 1 atom stereocenters. The number of anilines is 1. The molecule has 0 spiro atoms. The van der Waals surface area contributed by atoms with Gasteiger partial charge in [-0.25, -0.2) is 8.42 Å². The summed E-state index contributed by atoms with van der Waals surface area (Å²) >= 11 is 0. The van der Waals surface area contributed by atoms with Crippen LogP contribution in [0.1, 0.15) is 0 Å². The fourth-order valence-corrected chi connectivity index (χ4v) is 5.50. The van der Waals surface area contributed by atoms with E-state index in [0.29, 0.717) is 22.6 Å². The van der Waals surface area contributed by atoms with Crippen LogP contribution in [0.15, 0.2) is 59.5 Å². The van der Waals surface area contributed by atoms with Crippen molar-refractivity contribution in [2.75, 3.05) is 17.1 Å². The number of phenols is 1. The molecule has 3 aromatic rings. The van der Waals surface area contributed by atoms with Gasteiger partial charge in [0.2, 0.25) is 0 Å². The average Bonchev–Trinajstić information content (AvgIpc) is 3.01. The summed E-state index contributed by atoms with van der Waals surface area (Å²) < 4.78 is 51.5. The van der Waals surface area contributed by atoms with Gasteiger partial charge in [0, 0.05) is 6.26 Å². The summed E-state index contributed by atoms with van der Waals surface area (Å²) in [5.74, 6) is -0.230. The zero-order valence-corrected chi connectivity index (χ0v) is 17.4. The highest BCUT2D eigenvalue weighted by atomic mass is 32.2. The summed E-state index contributed by atoms with van der Waals surface area (Å²) in [6, 6.07) is 13.9. The van der Waals surface area contributed by atoms with Gasteiger partial charge in [-0.3, -0.25) is 4.31 Å². The Labute approximate surface area is 173 Å². The molecule has 0 aromatic heterocycles. The molecule has 0 amide bonds. The van der Waals surface area contributed by atoms with Gasteiger partial charge < -0.3 is 9.90 Å². The second-order valence-corrected chi connectivity index (χ2v) is 10.7. The highest BCUT2D eigenvalue weighted by molar-refractivity contribution is 7.91. The first-order chi connectivity index (χ1) is 14.1. The van der Waals surface area contributed by atoms with Crippen LogP contribution < -0.4 is 9.03 Å². The number of phenolic OH excluding ortho intramolecular Hbond substituents is 1. The molecule has 4 rings (SSSR count). The second kappa shape index (κ2) is 7.08. The lowest BCUT2D eigenvalue weighted by Gasteiger charge is -2.18. The minimum Gasteiger partial charge on any atom is -0.506 e. The van der Waals surface area contributed by atoms with E-state index in [1.807, 2.05) is 0 Å². The number of nitrogens with one attached hydrogen (secondary N) is 1. The van der Waals surface area contributed by atoms with Gasteiger partial charge in [-0.2, -0.15) is 13.1 Å². The maximum atomic E-state index is 12.3. The molecular weight excluding hydrogens is 428 g/mol. The zero-order chi connectivity index (χ0) is 21.7. The minimum absolute atomic E-state index is 0.0568. The van der Waals surface area contributed by atoms with E-state index in [1.165, 1.54) is 18.2 Å². The van der Waals surface area contributed by atoms with E-state index in [4.69, 9.17) is 0 Å². The van der Waals surface area contributed by atoms with Crippen LogP contribution in [0.3, 0.4) is 0 Å². The molecular formula is C20H18N2O6S2. The summed E-state index contributed by atoms with van der Waals surface area (Å²) in [5.41, 5.74) is 1.48. The van der Waals surface area contributed by atoms with Crippen LogP contribution in [0.2, 0.25) is 0 Å². The van der Waals surface area contributed by atoms with E-state index in [1.54, 1.807) is 36.4 Å². The van der Waals surface area contributed by atoms with Crippen LogP contribution in [0.5, 0.6) is 5.75 Å². The maximum absolute atomic E-state index is 12.3. The minimum atomic E-state index is -3.95. The van der Waals surface area contributed by atoms with Gasteiger partial charge in [-0.15, -0.1) is 0 Å². The number of hydrogen-bond donors (Lipinski definition) is 2. The first kappa shape index (κ1) is 20.3. The fourth-order valence-electron chi connectivity index (χ4n) is 3.43. The first-order valence-corrected chi connectivity index (χ1v) is 12.2. The summed E-state index contributed by atoms with van der Waals surface area (Å²) in [7, 11) is -7.31. The molecule has 156 valence electrons. The molecule has 30 heavy (non-hydrogen) atoms. The number of fused-ring (bicyclic) bond motifs is 1. The summed E-state index contributed by atoms with van der Waals surface area (Å²) in [5, 5.41) is 11.7. The van der Waals surface area contributed by atoms with Crippen LogP contribution in [-0.2, 0) is 24.8 Å². The van der Waals surface area contributed by atoms with Crippen molar-refractivity contribution in [3.63, 3.8) is 0 Å². The maximum Gasteiger partial charge on any atom is 0.302 e. The van der Waals surface area contributed by atoms with Gasteiger partial charge in [0.15, 0.2) is 9.84 Å². The SMILES string of the molecule is CS(=O)(=O)c1cccc(-c2ccc3cc(O)c(N4CC(C=O)NS4(=O)=O)cc3c2)c1. The van der Waals surface area contributed by atoms with Crippen molar-refractivity contribution in [2.24, 2.45) is 0 Å². The third-order valence-electron chi connectivity index (χ3n) is 4.92. The number of aromatic hydroxyl groups is 1. The number of carbonyl (C=O) groups excluding carboxylic acids is 1. The van der Waals surface area contributed by atoms with Gasteiger partial charge in [-0.05, 0) is 52.2 Å². The van der Waals surface area contributed by atoms with Gasteiger partial charge in [-0.1, -0.05) is 24.3 Å². The molecule has 1 unspecified atom stereocenters. The second-order valence-electron chi connectivity index (χ2n) is 7.10. The predicted molar refractivity (Wildman–Crippen MR) is 113 cm³/mol.